The Hall–Kier alpha value is -2.73. The summed E-state index contributed by atoms with van der Waals surface area (Å²) in [4.78, 5) is 32.7. The number of carboxylic acids is 1. The fraction of sp³-hybridized carbons (Fsp3) is 0.483. The first-order valence-corrected chi connectivity index (χ1v) is 13.1. The van der Waals surface area contributed by atoms with Crippen LogP contribution < -0.4 is 0 Å². The van der Waals surface area contributed by atoms with Crippen LogP contribution in [0.1, 0.15) is 86.8 Å². The molecule has 0 bridgehead atoms. The van der Waals surface area contributed by atoms with E-state index >= 15 is 0 Å². The van der Waals surface area contributed by atoms with E-state index in [1.165, 1.54) is 12.1 Å². The van der Waals surface area contributed by atoms with Gasteiger partial charge in [-0.05, 0) is 91.7 Å². The first-order valence-electron chi connectivity index (χ1n) is 12.7. The summed E-state index contributed by atoms with van der Waals surface area (Å²) >= 11 is 6.08. The molecule has 0 aromatic heterocycles. The number of carbonyl (C=O) groups excluding carboxylic acids is 1. The van der Waals surface area contributed by atoms with Crippen molar-refractivity contribution in [2.45, 2.75) is 71.0 Å². The Morgan fingerprint density at radius 3 is 2.28 bits per heavy atom. The van der Waals surface area contributed by atoms with Crippen LogP contribution in [0.15, 0.2) is 47.5 Å². The maximum atomic E-state index is 14.1. The van der Waals surface area contributed by atoms with Crippen molar-refractivity contribution in [1.82, 2.24) is 4.90 Å². The summed E-state index contributed by atoms with van der Waals surface area (Å²) in [6.07, 6.45) is 5.46. The van der Waals surface area contributed by atoms with E-state index in [0.29, 0.717) is 23.1 Å². The number of rotatable bonds is 5. The second-order valence-corrected chi connectivity index (χ2v) is 12.0. The second-order valence-electron chi connectivity index (χ2n) is 11.6. The topological polar surface area (TPSA) is 70.0 Å². The molecule has 3 aliphatic rings. The van der Waals surface area contributed by atoms with E-state index in [0.717, 1.165) is 44.1 Å². The minimum absolute atomic E-state index is 0.0325. The molecule has 2 aromatic carbocycles. The molecule has 2 saturated carbocycles. The first-order chi connectivity index (χ1) is 17.0. The summed E-state index contributed by atoms with van der Waals surface area (Å²) in [5.41, 5.74) is 1.52. The van der Waals surface area contributed by atoms with Gasteiger partial charge in [0.1, 0.15) is 17.2 Å². The summed E-state index contributed by atoms with van der Waals surface area (Å²) in [6, 6.07) is 11.0. The number of halogens is 2. The van der Waals surface area contributed by atoms with Gasteiger partial charge in [-0.25, -0.2) is 9.18 Å². The van der Waals surface area contributed by atoms with E-state index in [9.17, 15) is 19.1 Å². The third-order valence-electron chi connectivity index (χ3n) is 8.24. The molecule has 5 nitrogen and oxygen atoms in total. The molecule has 2 fully saturated rings. The van der Waals surface area contributed by atoms with Gasteiger partial charge >= 0.3 is 5.97 Å². The predicted molar refractivity (Wildman–Crippen MR) is 138 cm³/mol. The van der Waals surface area contributed by atoms with Crippen LogP contribution in [0, 0.1) is 23.1 Å². The van der Waals surface area contributed by atoms with Crippen LogP contribution in [0.25, 0.3) is 0 Å². The average Bonchev–Trinajstić information content (AvgIpc) is 3.63. The van der Waals surface area contributed by atoms with Crippen molar-refractivity contribution in [3.63, 3.8) is 0 Å². The minimum Gasteiger partial charge on any atom is -0.478 e. The highest BCUT2D eigenvalue weighted by Gasteiger charge is 2.55. The highest BCUT2D eigenvalue weighted by atomic mass is 35.5. The maximum absolute atomic E-state index is 14.1. The number of hydrogen-bond acceptors (Lipinski definition) is 3. The predicted octanol–water partition coefficient (Wildman–Crippen LogP) is 6.89. The van der Waals surface area contributed by atoms with Crippen LogP contribution in [0.2, 0.25) is 5.02 Å². The van der Waals surface area contributed by atoms with Gasteiger partial charge in [0.25, 0.3) is 5.91 Å². The Balaban J connectivity index is 1.57. The molecule has 190 valence electrons. The SMILES string of the molecule is CC(C)(C)C1CCC2(CC1)N=C(c1ccc(F)c(Cl)c1)C(=O)N2[C@@H](c1ccc(C(=O)O)cc1)C1CC1. The Morgan fingerprint density at radius 2 is 1.75 bits per heavy atom. The average molecular weight is 511 g/mol. The fourth-order valence-corrected chi connectivity index (χ4v) is 6.18. The van der Waals surface area contributed by atoms with Crippen molar-refractivity contribution in [3.05, 3.63) is 70.0 Å². The number of carboxylic acid groups (broad SMARTS) is 1. The summed E-state index contributed by atoms with van der Waals surface area (Å²) in [5.74, 6) is -0.830. The minimum atomic E-state index is -0.974. The number of benzene rings is 2. The lowest BCUT2D eigenvalue weighted by Crippen LogP contribution is -2.52. The molecule has 1 aliphatic heterocycles. The summed E-state index contributed by atoms with van der Waals surface area (Å²) in [5, 5.41) is 9.33. The van der Waals surface area contributed by atoms with Crippen LogP contribution in [0.4, 0.5) is 4.39 Å². The fourth-order valence-electron chi connectivity index (χ4n) is 6.00. The number of nitrogens with zero attached hydrogens (tertiary/aromatic N) is 2. The lowest BCUT2D eigenvalue weighted by atomic mass is 9.69. The lowest BCUT2D eigenvalue weighted by molar-refractivity contribution is -0.134. The van der Waals surface area contributed by atoms with E-state index in [4.69, 9.17) is 16.6 Å². The lowest BCUT2D eigenvalue weighted by Gasteiger charge is -2.47. The normalized spacial score (nSPS) is 25.2. The summed E-state index contributed by atoms with van der Waals surface area (Å²) < 4.78 is 13.9. The van der Waals surface area contributed by atoms with Gasteiger partial charge in [0.15, 0.2) is 0 Å². The van der Waals surface area contributed by atoms with Crippen LogP contribution in [-0.4, -0.2) is 33.3 Å². The molecule has 1 heterocycles. The van der Waals surface area contributed by atoms with Crippen LogP contribution in [0.3, 0.4) is 0 Å². The number of hydrogen-bond donors (Lipinski definition) is 1. The zero-order chi connectivity index (χ0) is 25.8. The van der Waals surface area contributed by atoms with E-state index < -0.39 is 17.4 Å². The van der Waals surface area contributed by atoms with Gasteiger partial charge in [0.05, 0.1) is 16.6 Å². The van der Waals surface area contributed by atoms with E-state index in [2.05, 4.69) is 20.8 Å². The Bertz CT molecular complexity index is 1220. The summed E-state index contributed by atoms with van der Waals surface area (Å²) in [6.45, 7) is 6.79. The molecule has 0 radical (unpaired) electrons. The van der Waals surface area contributed by atoms with Crippen molar-refractivity contribution in [3.8, 4) is 0 Å². The third kappa shape index (κ3) is 4.45. The van der Waals surface area contributed by atoms with Crippen molar-refractivity contribution >= 4 is 29.2 Å². The first kappa shape index (κ1) is 24.9. The molecule has 1 N–H and O–H groups in total. The molecular weight excluding hydrogens is 479 g/mol. The molecule has 2 aliphatic carbocycles. The number of aromatic carboxylic acids is 1. The number of amides is 1. The van der Waals surface area contributed by atoms with E-state index in [1.807, 2.05) is 17.0 Å². The molecule has 0 saturated heterocycles. The van der Waals surface area contributed by atoms with Gasteiger partial charge in [0, 0.05) is 5.56 Å². The van der Waals surface area contributed by atoms with E-state index in [1.54, 1.807) is 18.2 Å². The highest BCUT2D eigenvalue weighted by molar-refractivity contribution is 6.47. The molecule has 36 heavy (non-hydrogen) atoms. The maximum Gasteiger partial charge on any atom is 0.335 e. The van der Waals surface area contributed by atoms with Gasteiger partial charge in [-0.15, -0.1) is 0 Å². The number of carbonyl (C=O) groups is 2. The van der Waals surface area contributed by atoms with Crippen LogP contribution in [0.5, 0.6) is 0 Å². The van der Waals surface area contributed by atoms with Gasteiger partial charge in [-0.2, -0.15) is 0 Å². The van der Waals surface area contributed by atoms with Gasteiger partial charge in [0.2, 0.25) is 0 Å². The zero-order valence-electron chi connectivity index (χ0n) is 20.9. The molecule has 1 spiro atoms. The quantitative estimate of drug-likeness (QED) is 0.476. The van der Waals surface area contributed by atoms with Crippen LogP contribution >= 0.6 is 11.6 Å². The second kappa shape index (κ2) is 8.98. The standard InChI is InChI=1S/C29H32ClFN2O3/c1-28(2,3)21-12-14-29(15-13-21)32-24(20-10-11-23(31)22(30)16-20)26(34)33(29)25(17-4-5-17)18-6-8-19(9-7-18)27(35)36/h6-11,16-17,21,25H,4-5,12-15H2,1-3H3,(H,35,36)/t21?,25-,29?/m1/s1. The smallest absolute Gasteiger partial charge is 0.335 e. The molecule has 2 aromatic rings. The monoisotopic (exact) mass is 510 g/mol. The van der Waals surface area contributed by atoms with Gasteiger partial charge in [-0.3, -0.25) is 9.79 Å². The Kier molecular flexibility index (Phi) is 6.22. The van der Waals surface area contributed by atoms with Crippen molar-refractivity contribution in [2.24, 2.45) is 22.2 Å². The summed E-state index contributed by atoms with van der Waals surface area (Å²) in [7, 11) is 0. The van der Waals surface area contributed by atoms with Crippen molar-refractivity contribution in [2.75, 3.05) is 0 Å². The van der Waals surface area contributed by atoms with Crippen molar-refractivity contribution < 1.29 is 19.1 Å². The van der Waals surface area contributed by atoms with E-state index in [-0.39, 0.29) is 28.0 Å². The zero-order valence-corrected chi connectivity index (χ0v) is 21.7. The largest absolute Gasteiger partial charge is 0.478 e. The highest BCUT2D eigenvalue weighted by Crippen LogP contribution is 2.54. The molecule has 7 heteroatoms. The molecular formula is C29H32ClFN2O3. The molecule has 0 unspecified atom stereocenters. The third-order valence-corrected chi connectivity index (χ3v) is 8.53. The molecule has 1 atom stereocenters. The molecule has 5 rings (SSSR count). The van der Waals surface area contributed by atoms with Crippen molar-refractivity contribution in [1.29, 1.82) is 0 Å². The van der Waals surface area contributed by atoms with Gasteiger partial charge in [-0.1, -0.05) is 44.5 Å². The van der Waals surface area contributed by atoms with Gasteiger partial charge < -0.3 is 10.0 Å². The van der Waals surface area contributed by atoms with Crippen LogP contribution in [-0.2, 0) is 4.79 Å². The molecule has 1 amide bonds. The number of aliphatic imine (C=N–C) groups is 1. The Morgan fingerprint density at radius 1 is 1.11 bits per heavy atom. The Labute approximate surface area is 216 Å².